The van der Waals surface area contributed by atoms with E-state index in [0.717, 1.165) is 13.1 Å². The Morgan fingerprint density at radius 3 is 0.804 bits per heavy atom. The summed E-state index contributed by atoms with van der Waals surface area (Å²) in [7, 11) is 0. The van der Waals surface area contributed by atoms with Crippen molar-refractivity contribution in [2.45, 2.75) is 67.0 Å². The number of benzene rings is 18. The van der Waals surface area contributed by atoms with Crippen LogP contribution in [-0.2, 0) is 18.5 Å². The minimum atomic E-state index is 0.0704. The van der Waals surface area contributed by atoms with Crippen LogP contribution in [0, 0.1) is 13.8 Å². The fraction of sp³-hybridized carbons (Fsp3) is 0.0909. The molecule has 2 nitrogen and oxygen atoms in total. The topological polar surface area (TPSA) is 9.86 Å². The highest BCUT2D eigenvalue weighted by atomic mass is 15.0. The van der Waals surface area contributed by atoms with Gasteiger partial charge in [0.15, 0.2) is 0 Å². The summed E-state index contributed by atoms with van der Waals surface area (Å²) in [5.74, 6) is 0. The lowest BCUT2D eigenvalue weighted by Crippen LogP contribution is -2.10. The lowest BCUT2D eigenvalue weighted by molar-refractivity contribution is 0.591. The lowest BCUT2D eigenvalue weighted by Gasteiger charge is -2.20. The molecule has 112 heavy (non-hydrogen) atoms. The second kappa shape index (κ2) is 28.6. The van der Waals surface area contributed by atoms with Gasteiger partial charge in [0.25, 0.3) is 0 Å². The van der Waals surface area contributed by atoms with Gasteiger partial charge >= 0.3 is 0 Å². The van der Waals surface area contributed by atoms with Crippen LogP contribution < -0.4 is 0 Å². The third-order valence-electron chi connectivity index (χ3n) is 23.5. The van der Waals surface area contributed by atoms with Crippen LogP contribution in [0.2, 0.25) is 0 Å². The molecule has 0 radical (unpaired) electrons. The van der Waals surface area contributed by atoms with E-state index >= 15 is 0 Å². The van der Waals surface area contributed by atoms with E-state index in [1.165, 1.54) is 215 Å². The summed E-state index contributed by atoms with van der Waals surface area (Å²) >= 11 is 0. The van der Waals surface area contributed by atoms with Gasteiger partial charge in [-0.2, -0.15) is 0 Å². The third kappa shape index (κ3) is 12.4. The Labute approximate surface area is 656 Å². The van der Waals surface area contributed by atoms with Gasteiger partial charge in [0.1, 0.15) is 0 Å². The molecule has 18 aromatic carbocycles. The van der Waals surface area contributed by atoms with Crippen LogP contribution in [0.4, 0.5) is 0 Å². The molecular weight excluding hydrogens is 1350 g/mol. The average Bonchev–Trinajstić information content (AvgIpc) is 1.14. The maximum absolute atomic E-state index is 2.45. The Balaban J connectivity index is 0.000000168. The maximum atomic E-state index is 2.45. The van der Waals surface area contributed by atoms with Crippen molar-refractivity contribution >= 4 is 86.7 Å². The predicted octanol–water partition coefficient (Wildman–Crippen LogP) is 30.8. The Morgan fingerprint density at radius 2 is 0.429 bits per heavy atom. The molecule has 20 rings (SSSR count). The van der Waals surface area contributed by atoms with Crippen LogP contribution in [-0.4, -0.2) is 9.13 Å². The first kappa shape index (κ1) is 69.1. The van der Waals surface area contributed by atoms with Gasteiger partial charge < -0.3 is 9.13 Å². The quantitative estimate of drug-likeness (QED) is 0.108. The first-order chi connectivity index (χ1) is 54.9. The Hall–Kier alpha value is -13.4. The molecule has 536 valence electrons. The van der Waals surface area contributed by atoms with E-state index < -0.39 is 0 Å². The summed E-state index contributed by atoms with van der Waals surface area (Å²) in [6, 6.07) is 138. The highest BCUT2D eigenvalue weighted by Crippen LogP contribution is 2.49. The van der Waals surface area contributed by atoms with E-state index in [2.05, 4.69) is 428 Å². The van der Waals surface area contributed by atoms with Gasteiger partial charge in [-0.1, -0.05) is 347 Å². The SMILES string of the molecule is CCn1c2ccc(-c3ccc(-c4c5ccc(-c6ccccc6)cc5c(-c5ccc(-c6ccc(-c7ccccc7)cc6)cc5)c5ccc(-c6ccccc6)cc45)cc3)cc2c2cc(C(C)(C)C)ccc21.CCn1c2ccccc2c2cc(-c3ccc(-c4c5ccc(C)cc5c(-c5ccccc5)c5ccc(C)cc45)cc3)ccc21. The molecule has 0 aliphatic carbocycles. The smallest absolute Gasteiger partial charge is 0.0491 e. The maximum Gasteiger partial charge on any atom is 0.0491 e. The minimum Gasteiger partial charge on any atom is -0.341 e. The molecule has 0 saturated carbocycles. The van der Waals surface area contributed by atoms with Crippen LogP contribution in [0.15, 0.2) is 370 Å². The molecule has 0 atom stereocenters. The second-order valence-corrected chi connectivity index (χ2v) is 31.3. The van der Waals surface area contributed by atoms with Gasteiger partial charge in [-0.3, -0.25) is 0 Å². The van der Waals surface area contributed by atoms with Gasteiger partial charge in [-0.15, -0.1) is 0 Å². The number of hydrogen-bond acceptors (Lipinski definition) is 0. The van der Waals surface area contributed by atoms with Crippen molar-refractivity contribution in [2.75, 3.05) is 0 Å². The largest absolute Gasteiger partial charge is 0.341 e. The standard InChI is InChI=1S/C68H53N.C42H33N/c1-5-69-64-39-35-56(41-60(64)61-44-57(68(2,3)4)36-40-65(61)69)51-27-31-53(32-28-51)67-59-38-34-54(46-17-11-7-12-18-46)42-62(59)66(58-37-33-55(43-63(58)67)47-19-13-8-14-20-47)52-29-25-50(26-30-52)49-23-21-48(22-24-49)45-15-9-6-10-16-45;1-4-43-39-13-9-8-12-33(39)36-26-32(20-23-40(36)43)29-16-18-31(19-17-29)42-35-22-15-27(2)24-37(35)41(30-10-6-5-7-11-30)34-21-14-28(3)25-38(34)42/h6-44H,5H2,1-4H3;5-26H,4H2,1-3H3. The van der Waals surface area contributed by atoms with Gasteiger partial charge in [0, 0.05) is 56.7 Å². The van der Waals surface area contributed by atoms with E-state index in [-0.39, 0.29) is 5.41 Å². The van der Waals surface area contributed by atoms with Crippen molar-refractivity contribution in [2.24, 2.45) is 0 Å². The van der Waals surface area contributed by atoms with Crippen molar-refractivity contribution in [1.82, 2.24) is 9.13 Å². The molecule has 2 aromatic heterocycles. The van der Waals surface area contributed by atoms with Gasteiger partial charge in [-0.05, 0) is 248 Å². The molecule has 0 bridgehead atoms. The molecule has 0 aliphatic heterocycles. The van der Waals surface area contributed by atoms with E-state index in [4.69, 9.17) is 0 Å². The molecule has 2 heterocycles. The Bertz CT molecular complexity index is 6980. The normalized spacial score (nSPS) is 11.8. The molecule has 0 aliphatic rings. The van der Waals surface area contributed by atoms with Crippen LogP contribution in [0.5, 0.6) is 0 Å². The number of hydrogen-bond donors (Lipinski definition) is 0. The number of nitrogens with zero attached hydrogens (tertiary/aromatic N) is 2. The number of rotatable bonds is 12. The second-order valence-electron chi connectivity index (χ2n) is 31.3. The zero-order valence-corrected chi connectivity index (χ0v) is 64.5. The fourth-order valence-corrected chi connectivity index (χ4v) is 17.8. The van der Waals surface area contributed by atoms with E-state index in [0.29, 0.717) is 0 Å². The highest BCUT2D eigenvalue weighted by Gasteiger charge is 2.23. The first-order valence-electron chi connectivity index (χ1n) is 39.6. The predicted molar refractivity (Wildman–Crippen MR) is 483 cm³/mol. The summed E-state index contributed by atoms with van der Waals surface area (Å²) in [5, 5.41) is 15.4. The summed E-state index contributed by atoms with van der Waals surface area (Å²) < 4.78 is 4.87. The molecule has 0 amide bonds. The van der Waals surface area contributed by atoms with Crippen molar-refractivity contribution < 1.29 is 0 Å². The highest BCUT2D eigenvalue weighted by molar-refractivity contribution is 6.24. The van der Waals surface area contributed by atoms with Crippen LogP contribution in [0.25, 0.3) is 198 Å². The van der Waals surface area contributed by atoms with Crippen LogP contribution in [0.1, 0.15) is 51.3 Å². The molecule has 0 N–H and O–H groups in total. The summed E-state index contributed by atoms with van der Waals surface area (Å²) in [6.45, 7) is 17.6. The van der Waals surface area contributed by atoms with Crippen molar-refractivity contribution in [1.29, 1.82) is 0 Å². The number of para-hydroxylation sites is 1. The van der Waals surface area contributed by atoms with Gasteiger partial charge in [0.2, 0.25) is 0 Å². The molecule has 0 spiro atoms. The zero-order chi connectivity index (χ0) is 75.7. The van der Waals surface area contributed by atoms with E-state index in [1.54, 1.807) is 0 Å². The molecule has 20 aromatic rings. The van der Waals surface area contributed by atoms with Crippen LogP contribution >= 0.6 is 0 Å². The minimum absolute atomic E-state index is 0.0704. The van der Waals surface area contributed by atoms with Crippen molar-refractivity contribution in [3.63, 3.8) is 0 Å². The van der Waals surface area contributed by atoms with E-state index in [1.807, 2.05) is 0 Å². The summed E-state index contributed by atoms with van der Waals surface area (Å²) in [6.07, 6.45) is 0. The Morgan fingerprint density at radius 1 is 0.188 bits per heavy atom. The molecule has 0 saturated heterocycles. The first-order valence-corrected chi connectivity index (χ1v) is 39.6. The molecule has 2 heteroatoms. The van der Waals surface area contributed by atoms with Crippen molar-refractivity contribution in [3.8, 4) is 111 Å². The third-order valence-corrected chi connectivity index (χ3v) is 23.5. The number of fused-ring (bicyclic) bond motifs is 10. The lowest BCUT2D eigenvalue weighted by atomic mass is 9.83. The van der Waals surface area contributed by atoms with Crippen molar-refractivity contribution in [3.05, 3.63) is 387 Å². The number of aryl methyl sites for hydroxylation is 4. The Kier molecular flexibility index (Phi) is 17.6. The fourth-order valence-electron chi connectivity index (χ4n) is 17.8. The van der Waals surface area contributed by atoms with Gasteiger partial charge in [-0.25, -0.2) is 0 Å². The monoisotopic (exact) mass is 1430 g/mol. The zero-order valence-electron chi connectivity index (χ0n) is 64.5. The molecule has 0 fully saturated rings. The number of aromatic nitrogens is 2. The van der Waals surface area contributed by atoms with Gasteiger partial charge in [0.05, 0.1) is 0 Å². The molecule has 0 unspecified atom stereocenters. The summed E-state index contributed by atoms with van der Waals surface area (Å²) in [4.78, 5) is 0. The van der Waals surface area contributed by atoms with Crippen LogP contribution in [0.3, 0.4) is 0 Å². The summed E-state index contributed by atoms with van der Waals surface area (Å²) in [5.41, 5.74) is 33.8. The molecular formula is C110H86N2. The average molecular weight is 1440 g/mol. The van der Waals surface area contributed by atoms with E-state index in [9.17, 15) is 0 Å².